The van der Waals surface area contributed by atoms with Gasteiger partial charge in [0.05, 0.1) is 11.6 Å². The molecule has 1 aliphatic heterocycles. The number of likely N-dealkylation sites (tertiary alicyclic amines) is 1. The van der Waals surface area contributed by atoms with Crippen LogP contribution in [0, 0.1) is 17.2 Å². The first-order valence-corrected chi connectivity index (χ1v) is 8.17. The van der Waals surface area contributed by atoms with Gasteiger partial charge in [-0.1, -0.05) is 19.1 Å². The molecule has 1 unspecified atom stereocenters. The SMILES string of the molecule is CC1CCN(C(=O)c2cccc(COc3ccc(C#N)cc3)c2)C1. The molecule has 3 rings (SSSR count). The standard InChI is InChI=1S/C20H20N2O2/c1-15-9-10-22(13-15)20(23)18-4-2-3-17(11-18)14-24-19-7-5-16(12-21)6-8-19/h2-8,11,15H,9-10,13-14H2,1H3. The van der Waals surface area contributed by atoms with Gasteiger partial charge in [-0.3, -0.25) is 4.79 Å². The quantitative estimate of drug-likeness (QED) is 0.864. The van der Waals surface area contributed by atoms with Gasteiger partial charge in [0, 0.05) is 18.7 Å². The Labute approximate surface area is 142 Å². The van der Waals surface area contributed by atoms with Crippen molar-refractivity contribution in [2.75, 3.05) is 13.1 Å². The highest BCUT2D eigenvalue weighted by molar-refractivity contribution is 5.94. The molecule has 0 N–H and O–H groups in total. The number of hydrogen-bond acceptors (Lipinski definition) is 3. The third-order valence-corrected chi connectivity index (χ3v) is 4.27. The first kappa shape index (κ1) is 16.1. The summed E-state index contributed by atoms with van der Waals surface area (Å²) in [5.74, 6) is 1.38. The average Bonchev–Trinajstić information content (AvgIpc) is 3.06. The Balaban J connectivity index is 1.64. The van der Waals surface area contributed by atoms with Crippen molar-refractivity contribution in [3.63, 3.8) is 0 Å². The summed E-state index contributed by atoms with van der Waals surface area (Å²) < 4.78 is 5.73. The van der Waals surface area contributed by atoms with Crippen LogP contribution in [-0.4, -0.2) is 23.9 Å². The largest absolute Gasteiger partial charge is 0.489 e. The molecule has 1 saturated heterocycles. The Morgan fingerprint density at radius 1 is 1.29 bits per heavy atom. The van der Waals surface area contributed by atoms with Crippen LogP contribution in [0.15, 0.2) is 48.5 Å². The average molecular weight is 320 g/mol. The molecule has 1 aliphatic rings. The molecule has 0 aliphatic carbocycles. The number of ether oxygens (including phenoxy) is 1. The molecular weight excluding hydrogens is 300 g/mol. The molecule has 1 fully saturated rings. The lowest BCUT2D eigenvalue weighted by molar-refractivity contribution is 0.0788. The van der Waals surface area contributed by atoms with Crippen LogP contribution in [0.3, 0.4) is 0 Å². The van der Waals surface area contributed by atoms with Crippen molar-refractivity contribution in [3.8, 4) is 11.8 Å². The van der Waals surface area contributed by atoms with E-state index in [1.165, 1.54) is 0 Å². The van der Waals surface area contributed by atoms with Crippen LogP contribution < -0.4 is 4.74 Å². The summed E-state index contributed by atoms with van der Waals surface area (Å²) in [6.45, 7) is 4.25. The fraction of sp³-hybridized carbons (Fsp3) is 0.300. The molecule has 0 saturated carbocycles. The molecular formula is C20H20N2O2. The van der Waals surface area contributed by atoms with Crippen molar-refractivity contribution < 1.29 is 9.53 Å². The molecule has 1 heterocycles. The van der Waals surface area contributed by atoms with E-state index in [-0.39, 0.29) is 5.91 Å². The van der Waals surface area contributed by atoms with Crippen LogP contribution in [0.4, 0.5) is 0 Å². The Bertz CT molecular complexity index is 762. The number of rotatable bonds is 4. The third kappa shape index (κ3) is 3.75. The predicted octanol–water partition coefficient (Wildman–Crippen LogP) is 3.62. The van der Waals surface area contributed by atoms with Gasteiger partial charge in [0.2, 0.25) is 0 Å². The molecule has 122 valence electrons. The zero-order valence-electron chi connectivity index (χ0n) is 13.7. The summed E-state index contributed by atoms with van der Waals surface area (Å²) in [5.41, 5.74) is 2.28. The fourth-order valence-corrected chi connectivity index (χ4v) is 2.89. The third-order valence-electron chi connectivity index (χ3n) is 4.27. The normalized spacial score (nSPS) is 16.7. The Morgan fingerprint density at radius 2 is 2.08 bits per heavy atom. The molecule has 0 radical (unpaired) electrons. The minimum Gasteiger partial charge on any atom is -0.489 e. The highest BCUT2D eigenvalue weighted by Gasteiger charge is 2.24. The zero-order valence-corrected chi connectivity index (χ0v) is 13.7. The van der Waals surface area contributed by atoms with Gasteiger partial charge in [-0.05, 0) is 54.3 Å². The van der Waals surface area contributed by atoms with Crippen LogP contribution in [0.25, 0.3) is 0 Å². The highest BCUT2D eigenvalue weighted by atomic mass is 16.5. The van der Waals surface area contributed by atoms with Gasteiger partial charge in [0.15, 0.2) is 0 Å². The summed E-state index contributed by atoms with van der Waals surface area (Å²) in [6, 6.07) is 16.7. The molecule has 0 aromatic heterocycles. The Morgan fingerprint density at radius 3 is 2.75 bits per heavy atom. The van der Waals surface area contributed by atoms with Crippen molar-refractivity contribution in [1.29, 1.82) is 5.26 Å². The van der Waals surface area contributed by atoms with Crippen LogP contribution >= 0.6 is 0 Å². The van der Waals surface area contributed by atoms with E-state index in [0.29, 0.717) is 29.4 Å². The number of nitrogens with zero attached hydrogens (tertiary/aromatic N) is 2. The molecule has 0 bridgehead atoms. The Kier molecular flexibility index (Phi) is 4.81. The van der Waals surface area contributed by atoms with E-state index in [2.05, 4.69) is 13.0 Å². The van der Waals surface area contributed by atoms with E-state index in [4.69, 9.17) is 10.00 Å². The minimum absolute atomic E-state index is 0.0968. The summed E-state index contributed by atoms with van der Waals surface area (Å²) in [4.78, 5) is 14.5. The predicted molar refractivity (Wildman–Crippen MR) is 91.6 cm³/mol. The topological polar surface area (TPSA) is 53.3 Å². The summed E-state index contributed by atoms with van der Waals surface area (Å²) >= 11 is 0. The second-order valence-corrected chi connectivity index (χ2v) is 6.27. The molecule has 2 aromatic carbocycles. The number of amides is 1. The van der Waals surface area contributed by atoms with Crippen LogP contribution in [0.5, 0.6) is 5.75 Å². The molecule has 2 aromatic rings. The molecule has 24 heavy (non-hydrogen) atoms. The Hall–Kier alpha value is -2.80. The number of hydrogen-bond donors (Lipinski definition) is 0. The van der Waals surface area contributed by atoms with E-state index in [0.717, 1.165) is 25.1 Å². The number of benzene rings is 2. The van der Waals surface area contributed by atoms with E-state index in [9.17, 15) is 4.79 Å². The van der Waals surface area contributed by atoms with Gasteiger partial charge >= 0.3 is 0 Å². The zero-order chi connectivity index (χ0) is 16.9. The monoisotopic (exact) mass is 320 g/mol. The van der Waals surface area contributed by atoms with Crippen molar-refractivity contribution in [2.45, 2.75) is 20.0 Å². The van der Waals surface area contributed by atoms with E-state index in [1.807, 2.05) is 29.2 Å². The van der Waals surface area contributed by atoms with Crippen LogP contribution in [-0.2, 0) is 6.61 Å². The van der Waals surface area contributed by atoms with Crippen molar-refractivity contribution in [1.82, 2.24) is 4.90 Å². The van der Waals surface area contributed by atoms with Crippen LogP contribution in [0.2, 0.25) is 0 Å². The van der Waals surface area contributed by atoms with Crippen molar-refractivity contribution >= 4 is 5.91 Å². The second-order valence-electron chi connectivity index (χ2n) is 6.27. The van der Waals surface area contributed by atoms with Gasteiger partial charge in [-0.15, -0.1) is 0 Å². The minimum atomic E-state index is 0.0968. The maximum absolute atomic E-state index is 12.5. The molecule has 1 amide bonds. The van der Waals surface area contributed by atoms with Gasteiger partial charge in [-0.2, -0.15) is 5.26 Å². The smallest absolute Gasteiger partial charge is 0.253 e. The van der Waals surface area contributed by atoms with Crippen LogP contribution in [0.1, 0.15) is 34.8 Å². The number of carbonyl (C=O) groups excluding carboxylic acids is 1. The lowest BCUT2D eigenvalue weighted by Crippen LogP contribution is -2.28. The first-order valence-electron chi connectivity index (χ1n) is 8.17. The fourth-order valence-electron chi connectivity index (χ4n) is 2.89. The number of nitriles is 1. The lowest BCUT2D eigenvalue weighted by Gasteiger charge is -2.16. The second kappa shape index (κ2) is 7.18. The van der Waals surface area contributed by atoms with Gasteiger partial charge in [0.25, 0.3) is 5.91 Å². The maximum Gasteiger partial charge on any atom is 0.253 e. The van der Waals surface area contributed by atoms with Crippen molar-refractivity contribution in [3.05, 3.63) is 65.2 Å². The maximum atomic E-state index is 12.5. The van der Waals surface area contributed by atoms with Gasteiger partial charge < -0.3 is 9.64 Å². The molecule has 4 nitrogen and oxygen atoms in total. The highest BCUT2D eigenvalue weighted by Crippen LogP contribution is 2.19. The van der Waals surface area contributed by atoms with E-state index >= 15 is 0 Å². The van der Waals surface area contributed by atoms with Gasteiger partial charge in [-0.25, -0.2) is 0 Å². The first-order chi connectivity index (χ1) is 11.7. The molecule has 1 atom stereocenters. The molecule has 0 spiro atoms. The summed E-state index contributed by atoms with van der Waals surface area (Å²) in [7, 11) is 0. The van der Waals surface area contributed by atoms with E-state index < -0.39 is 0 Å². The number of carbonyl (C=O) groups is 1. The molecule has 4 heteroatoms. The van der Waals surface area contributed by atoms with E-state index in [1.54, 1.807) is 24.3 Å². The summed E-state index contributed by atoms with van der Waals surface area (Å²) in [5, 5.41) is 8.80. The van der Waals surface area contributed by atoms with Crippen molar-refractivity contribution in [2.24, 2.45) is 5.92 Å². The summed E-state index contributed by atoms with van der Waals surface area (Å²) in [6.07, 6.45) is 1.08. The lowest BCUT2D eigenvalue weighted by atomic mass is 10.1. The van der Waals surface area contributed by atoms with Gasteiger partial charge in [0.1, 0.15) is 12.4 Å².